The van der Waals surface area contributed by atoms with E-state index in [0.29, 0.717) is 21.6 Å². The molecule has 0 unspecified atom stereocenters. The first-order chi connectivity index (χ1) is 11.0. The quantitative estimate of drug-likeness (QED) is 0.713. The van der Waals surface area contributed by atoms with Crippen LogP contribution in [0.2, 0.25) is 5.02 Å². The van der Waals surface area contributed by atoms with Crippen molar-refractivity contribution in [3.05, 3.63) is 53.1 Å². The number of nitrogens with one attached hydrogen (secondary N) is 2. The van der Waals surface area contributed by atoms with Gasteiger partial charge in [-0.3, -0.25) is 4.79 Å². The smallest absolute Gasteiger partial charge is 0.307 e. The molecule has 0 heterocycles. The number of methoxy groups -OCH3 is 1. The van der Waals surface area contributed by atoms with Gasteiger partial charge in [0.25, 0.3) is 0 Å². The van der Waals surface area contributed by atoms with Crippen molar-refractivity contribution in [1.82, 2.24) is 0 Å². The highest BCUT2D eigenvalue weighted by Crippen LogP contribution is 2.27. The number of benzene rings is 2. The molecule has 2 aromatic carbocycles. The fourth-order valence-corrected chi connectivity index (χ4v) is 2.34. The molecule has 2 rings (SSSR count). The van der Waals surface area contributed by atoms with Crippen LogP contribution in [0.4, 0.5) is 11.4 Å². The van der Waals surface area contributed by atoms with Gasteiger partial charge in [0.15, 0.2) is 5.11 Å². The molecule has 120 valence electrons. The molecule has 0 atom stereocenters. The predicted molar refractivity (Wildman–Crippen MR) is 95.6 cm³/mol. The lowest BCUT2D eigenvalue weighted by molar-refractivity contribution is -0.136. The molecule has 0 aromatic heterocycles. The summed E-state index contributed by atoms with van der Waals surface area (Å²) >= 11 is 11.2. The first kappa shape index (κ1) is 17.1. The van der Waals surface area contributed by atoms with E-state index in [1.54, 1.807) is 49.6 Å². The number of carboxylic acids is 1. The van der Waals surface area contributed by atoms with Gasteiger partial charge in [-0.05, 0) is 48.1 Å². The summed E-state index contributed by atoms with van der Waals surface area (Å²) in [6.07, 6.45) is -0.0112. The van der Waals surface area contributed by atoms with Gasteiger partial charge < -0.3 is 20.5 Å². The molecule has 3 N–H and O–H groups in total. The summed E-state index contributed by atoms with van der Waals surface area (Å²) in [5.74, 6) is -0.244. The summed E-state index contributed by atoms with van der Waals surface area (Å²) in [5.41, 5.74) is 2.12. The normalized spacial score (nSPS) is 10.0. The van der Waals surface area contributed by atoms with Crippen LogP contribution in [-0.4, -0.2) is 23.3 Å². The molecule has 0 aliphatic heterocycles. The number of hydrogen-bond donors (Lipinski definition) is 3. The minimum absolute atomic E-state index is 0.0112. The molecule has 0 bridgehead atoms. The molecular weight excluding hydrogens is 336 g/mol. The molecule has 0 radical (unpaired) electrons. The van der Waals surface area contributed by atoms with Crippen LogP contribution >= 0.6 is 23.8 Å². The Morgan fingerprint density at radius 2 is 1.91 bits per heavy atom. The second kappa shape index (κ2) is 7.80. The van der Waals surface area contributed by atoms with Gasteiger partial charge in [0.05, 0.1) is 19.2 Å². The average Bonchev–Trinajstić information content (AvgIpc) is 2.49. The Bertz CT molecular complexity index is 720. The van der Waals surface area contributed by atoms with Crippen LogP contribution in [0.1, 0.15) is 5.56 Å². The fraction of sp³-hybridized carbons (Fsp3) is 0.125. The van der Waals surface area contributed by atoms with E-state index < -0.39 is 5.97 Å². The van der Waals surface area contributed by atoms with Crippen LogP contribution in [0.25, 0.3) is 0 Å². The van der Waals surface area contributed by atoms with E-state index >= 15 is 0 Å². The minimum Gasteiger partial charge on any atom is -0.495 e. The van der Waals surface area contributed by atoms with E-state index in [4.69, 9.17) is 33.7 Å². The minimum atomic E-state index is -0.865. The molecule has 0 amide bonds. The van der Waals surface area contributed by atoms with Crippen molar-refractivity contribution in [3.8, 4) is 5.75 Å². The van der Waals surface area contributed by atoms with E-state index in [9.17, 15) is 4.79 Å². The third kappa shape index (κ3) is 5.12. The Kier molecular flexibility index (Phi) is 5.78. The average molecular weight is 351 g/mol. The van der Waals surface area contributed by atoms with Crippen molar-refractivity contribution in [1.29, 1.82) is 0 Å². The maximum Gasteiger partial charge on any atom is 0.307 e. The number of carbonyl (C=O) groups is 1. The zero-order valence-corrected chi connectivity index (χ0v) is 13.9. The van der Waals surface area contributed by atoms with Crippen molar-refractivity contribution in [2.75, 3.05) is 17.7 Å². The van der Waals surface area contributed by atoms with Gasteiger partial charge in [-0.1, -0.05) is 23.7 Å². The number of hydrogen-bond acceptors (Lipinski definition) is 3. The first-order valence-electron chi connectivity index (χ1n) is 6.70. The van der Waals surface area contributed by atoms with Crippen molar-refractivity contribution < 1.29 is 14.6 Å². The summed E-state index contributed by atoms with van der Waals surface area (Å²) in [6, 6.07) is 12.2. The molecule has 0 aliphatic rings. The van der Waals surface area contributed by atoms with Gasteiger partial charge in [0.1, 0.15) is 5.75 Å². The van der Waals surface area contributed by atoms with E-state index in [1.807, 2.05) is 0 Å². The Balaban J connectivity index is 2.02. The lowest BCUT2D eigenvalue weighted by Crippen LogP contribution is -2.19. The number of aliphatic carboxylic acids is 1. The molecule has 0 aliphatic carbocycles. The molecular formula is C16H15ClN2O3S. The van der Waals surface area contributed by atoms with Crippen molar-refractivity contribution in [2.24, 2.45) is 0 Å². The van der Waals surface area contributed by atoms with E-state index in [0.717, 1.165) is 11.3 Å². The molecule has 0 fully saturated rings. The topological polar surface area (TPSA) is 70.6 Å². The number of carboxylic acid groups (broad SMARTS) is 1. The Morgan fingerprint density at radius 1 is 1.22 bits per heavy atom. The summed E-state index contributed by atoms with van der Waals surface area (Å²) < 4.78 is 5.24. The van der Waals surface area contributed by atoms with Gasteiger partial charge in [0.2, 0.25) is 0 Å². The van der Waals surface area contributed by atoms with Crippen LogP contribution in [-0.2, 0) is 11.2 Å². The second-order valence-electron chi connectivity index (χ2n) is 4.69. The van der Waals surface area contributed by atoms with Crippen LogP contribution < -0.4 is 15.4 Å². The lowest BCUT2D eigenvalue weighted by atomic mass is 10.1. The molecule has 5 nitrogen and oxygen atoms in total. The SMILES string of the molecule is COc1ccc(Cl)cc1NC(=S)Nc1ccc(CC(=O)O)cc1. The number of halogens is 1. The largest absolute Gasteiger partial charge is 0.495 e. The van der Waals surface area contributed by atoms with Gasteiger partial charge in [-0.15, -0.1) is 0 Å². The van der Waals surface area contributed by atoms with Crippen LogP contribution in [0, 0.1) is 0 Å². The molecule has 0 spiro atoms. The number of anilines is 2. The Hall–Kier alpha value is -2.31. The summed E-state index contributed by atoms with van der Waals surface area (Å²) in [5, 5.41) is 15.7. The standard InChI is InChI=1S/C16H15ClN2O3S/c1-22-14-7-4-11(17)9-13(14)19-16(23)18-12-5-2-10(3-6-12)8-15(20)21/h2-7,9H,8H2,1H3,(H,20,21)(H2,18,19,23). The fourth-order valence-electron chi connectivity index (χ4n) is 1.94. The maximum absolute atomic E-state index is 10.7. The highest BCUT2D eigenvalue weighted by molar-refractivity contribution is 7.80. The van der Waals surface area contributed by atoms with Gasteiger partial charge in [0, 0.05) is 10.7 Å². The van der Waals surface area contributed by atoms with Crippen molar-refractivity contribution >= 4 is 46.3 Å². The summed E-state index contributed by atoms with van der Waals surface area (Å²) in [4.78, 5) is 10.7. The number of rotatable bonds is 5. The van der Waals surface area contributed by atoms with Gasteiger partial charge in [-0.25, -0.2) is 0 Å². The molecule has 0 saturated carbocycles. The van der Waals surface area contributed by atoms with Crippen LogP contribution in [0.15, 0.2) is 42.5 Å². The second-order valence-corrected chi connectivity index (χ2v) is 5.54. The monoisotopic (exact) mass is 350 g/mol. The number of ether oxygens (including phenoxy) is 1. The van der Waals surface area contributed by atoms with Crippen molar-refractivity contribution in [2.45, 2.75) is 6.42 Å². The molecule has 7 heteroatoms. The zero-order chi connectivity index (χ0) is 16.8. The Labute approximate surface area is 144 Å². The predicted octanol–water partition coefficient (Wildman–Crippen LogP) is 3.78. The first-order valence-corrected chi connectivity index (χ1v) is 7.49. The van der Waals surface area contributed by atoms with Crippen LogP contribution in [0.5, 0.6) is 5.75 Å². The summed E-state index contributed by atoms with van der Waals surface area (Å²) in [6.45, 7) is 0. The van der Waals surface area contributed by atoms with E-state index in [2.05, 4.69) is 10.6 Å². The number of thiocarbonyl (C=S) groups is 1. The molecule has 0 saturated heterocycles. The van der Waals surface area contributed by atoms with E-state index in [1.165, 1.54) is 0 Å². The Morgan fingerprint density at radius 3 is 2.52 bits per heavy atom. The summed E-state index contributed by atoms with van der Waals surface area (Å²) in [7, 11) is 1.56. The molecule has 2 aromatic rings. The third-order valence-corrected chi connectivity index (χ3v) is 3.42. The third-order valence-electron chi connectivity index (χ3n) is 2.98. The lowest BCUT2D eigenvalue weighted by Gasteiger charge is -2.14. The maximum atomic E-state index is 10.7. The highest BCUT2D eigenvalue weighted by atomic mass is 35.5. The van der Waals surface area contributed by atoms with E-state index in [-0.39, 0.29) is 6.42 Å². The highest BCUT2D eigenvalue weighted by Gasteiger charge is 2.06. The van der Waals surface area contributed by atoms with Gasteiger partial charge in [-0.2, -0.15) is 0 Å². The van der Waals surface area contributed by atoms with Crippen LogP contribution in [0.3, 0.4) is 0 Å². The van der Waals surface area contributed by atoms with Crippen molar-refractivity contribution in [3.63, 3.8) is 0 Å². The van der Waals surface area contributed by atoms with Gasteiger partial charge >= 0.3 is 5.97 Å². The molecule has 23 heavy (non-hydrogen) atoms. The zero-order valence-electron chi connectivity index (χ0n) is 12.3.